The first-order valence-electron chi connectivity index (χ1n) is 9.52. The summed E-state index contributed by atoms with van der Waals surface area (Å²) in [5.41, 5.74) is 1.32. The van der Waals surface area contributed by atoms with E-state index in [1.807, 2.05) is 43.8 Å². The summed E-state index contributed by atoms with van der Waals surface area (Å²) in [6, 6.07) is 8.85. The number of urea groups is 1. The number of nitrogens with one attached hydrogen (secondary N) is 1. The predicted molar refractivity (Wildman–Crippen MR) is 110 cm³/mol. The van der Waals surface area contributed by atoms with Gasteiger partial charge >= 0.3 is 6.03 Å². The van der Waals surface area contributed by atoms with Crippen molar-refractivity contribution in [2.45, 2.75) is 26.4 Å². The van der Waals surface area contributed by atoms with Gasteiger partial charge in [0.1, 0.15) is 12.4 Å². The Balaban J connectivity index is 2.09. The van der Waals surface area contributed by atoms with Gasteiger partial charge in [-0.15, -0.1) is 0 Å². The molecule has 2 rings (SSSR count). The third kappa shape index (κ3) is 6.60. The van der Waals surface area contributed by atoms with E-state index in [9.17, 15) is 14.0 Å². The minimum atomic E-state index is -0.454. The molecule has 0 radical (unpaired) electrons. The van der Waals surface area contributed by atoms with Gasteiger partial charge in [-0.2, -0.15) is 0 Å². The van der Waals surface area contributed by atoms with Crippen LogP contribution in [0.25, 0.3) is 0 Å². The van der Waals surface area contributed by atoms with Gasteiger partial charge in [-0.3, -0.25) is 4.79 Å². The van der Waals surface area contributed by atoms with E-state index in [2.05, 4.69) is 5.32 Å². The maximum Gasteiger partial charge on any atom is 0.322 e. The first-order valence-corrected chi connectivity index (χ1v) is 9.52. The van der Waals surface area contributed by atoms with Gasteiger partial charge in [0.05, 0.1) is 13.2 Å². The van der Waals surface area contributed by atoms with Crippen LogP contribution in [-0.4, -0.2) is 59.2 Å². The average Bonchev–Trinajstić information content (AvgIpc) is 3.07. The van der Waals surface area contributed by atoms with E-state index in [4.69, 9.17) is 4.74 Å². The summed E-state index contributed by atoms with van der Waals surface area (Å²) in [6.45, 7) is 4.80. The van der Waals surface area contributed by atoms with Crippen LogP contribution in [0.15, 0.2) is 42.6 Å². The number of hydrogen-bond acceptors (Lipinski definition) is 3. The van der Waals surface area contributed by atoms with E-state index in [1.54, 1.807) is 18.1 Å². The van der Waals surface area contributed by atoms with Crippen LogP contribution < -0.4 is 5.32 Å². The van der Waals surface area contributed by atoms with Crippen LogP contribution in [0.5, 0.6) is 0 Å². The van der Waals surface area contributed by atoms with Gasteiger partial charge in [0.15, 0.2) is 0 Å². The van der Waals surface area contributed by atoms with E-state index < -0.39 is 11.8 Å². The molecule has 3 amide bonds. The number of amides is 3. The molecule has 0 saturated heterocycles. The van der Waals surface area contributed by atoms with Crippen LogP contribution in [0.2, 0.25) is 0 Å². The lowest BCUT2D eigenvalue weighted by Crippen LogP contribution is -2.48. The number of benzene rings is 1. The van der Waals surface area contributed by atoms with Crippen molar-refractivity contribution in [2.75, 3.05) is 32.1 Å². The Morgan fingerprint density at radius 3 is 2.59 bits per heavy atom. The van der Waals surface area contributed by atoms with Crippen LogP contribution in [0.1, 0.15) is 19.5 Å². The predicted octanol–water partition coefficient (Wildman–Crippen LogP) is 3.08. The molecule has 0 saturated carbocycles. The smallest absolute Gasteiger partial charge is 0.322 e. The monoisotopic (exact) mass is 404 g/mol. The lowest BCUT2D eigenvalue weighted by Gasteiger charge is -2.30. The van der Waals surface area contributed by atoms with Crippen molar-refractivity contribution in [1.82, 2.24) is 14.4 Å². The number of carbonyl (C=O) groups excluding carboxylic acids is 2. The number of anilines is 1. The number of rotatable bonds is 9. The molecule has 1 heterocycles. The Kier molecular flexibility index (Phi) is 8.21. The van der Waals surface area contributed by atoms with Gasteiger partial charge < -0.3 is 24.4 Å². The Hall–Kier alpha value is -2.87. The molecule has 7 nitrogen and oxygen atoms in total. The van der Waals surface area contributed by atoms with E-state index >= 15 is 0 Å². The summed E-state index contributed by atoms with van der Waals surface area (Å²) in [7, 11) is 3.50. The number of ether oxygens (including phenoxy) is 1. The fraction of sp³-hybridized carbons (Fsp3) is 0.429. The highest BCUT2D eigenvalue weighted by atomic mass is 19.1. The summed E-state index contributed by atoms with van der Waals surface area (Å²) in [4.78, 5) is 28.8. The molecule has 0 fully saturated rings. The molecule has 1 aromatic carbocycles. The van der Waals surface area contributed by atoms with Gasteiger partial charge in [-0.25, -0.2) is 9.18 Å². The molecule has 0 spiro atoms. The van der Waals surface area contributed by atoms with Crippen molar-refractivity contribution < 1.29 is 18.7 Å². The standard InChI is InChI=1S/C21H29FN4O3/c1-16(2)26(21(28)23-18-8-5-7-17(22)13-18)15-20(27)25(11-12-29-4)14-19-9-6-10-24(19)3/h5-10,13,16H,11-12,14-15H2,1-4H3,(H,23,28). The topological polar surface area (TPSA) is 66.8 Å². The summed E-state index contributed by atoms with van der Waals surface area (Å²) in [5.74, 6) is -0.630. The molecule has 0 aliphatic carbocycles. The molecule has 0 atom stereocenters. The summed E-state index contributed by atoms with van der Waals surface area (Å²) in [6.07, 6.45) is 1.92. The SMILES string of the molecule is COCCN(Cc1cccn1C)C(=O)CN(C(=O)Nc1cccc(F)c1)C(C)C. The third-order valence-electron chi connectivity index (χ3n) is 4.59. The van der Waals surface area contributed by atoms with Crippen molar-refractivity contribution in [3.63, 3.8) is 0 Å². The second-order valence-corrected chi connectivity index (χ2v) is 7.08. The number of aryl methyl sites for hydroxylation is 1. The Morgan fingerprint density at radius 2 is 2.00 bits per heavy atom. The fourth-order valence-corrected chi connectivity index (χ4v) is 2.85. The molecule has 29 heavy (non-hydrogen) atoms. The van der Waals surface area contributed by atoms with Crippen molar-refractivity contribution >= 4 is 17.6 Å². The number of halogens is 1. The Labute approximate surface area is 171 Å². The first kappa shape index (κ1) is 22.4. The molecule has 0 aliphatic rings. The number of carbonyl (C=O) groups is 2. The van der Waals surface area contributed by atoms with E-state index in [1.165, 1.54) is 23.1 Å². The Bertz CT molecular complexity index is 822. The summed E-state index contributed by atoms with van der Waals surface area (Å²) >= 11 is 0. The zero-order chi connectivity index (χ0) is 21.4. The molecule has 2 aromatic rings. The van der Waals surface area contributed by atoms with Crippen LogP contribution in [-0.2, 0) is 23.1 Å². The summed E-state index contributed by atoms with van der Waals surface area (Å²) < 4.78 is 20.5. The molecular formula is C21H29FN4O3. The molecule has 0 aliphatic heterocycles. The maximum atomic E-state index is 13.4. The fourth-order valence-electron chi connectivity index (χ4n) is 2.85. The molecule has 1 N–H and O–H groups in total. The zero-order valence-corrected chi connectivity index (χ0v) is 17.4. The minimum absolute atomic E-state index is 0.0903. The van der Waals surface area contributed by atoms with Crippen molar-refractivity contribution in [1.29, 1.82) is 0 Å². The van der Waals surface area contributed by atoms with Gasteiger partial charge in [-0.05, 0) is 44.2 Å². The van der Waals surface area contributed by atoms with Crippen LogP contribution >= 0.6 is 0 Å². The van der Waals surface area contributed by atoms with Crippen LogP contribution in [0.3, 0.4) is 0 Å². The van der Waals surface area contributed by atoms with Gasteiger partial charge in [-0.1, -0.05) is 6.07 Å². The van der Waals surface area contributed by atoms with E-state index in [0.717, 1.165) is 5.69 Å². The average molecular weight is 404 g/mol. The van der Waals surface area contributed by atoms with Gasteiger partial charge in [0.2, 0.25) is 5.91 Å². The third-order valence-corrected chi connectivity index (χ3v) is 4.59. The molecule has 1 aromatic heterocycles. The number of hydrogen-bond donors (Lipinski definition) is 1. The van der Waals surface area contributed by atoms with E-state index in [0.29, 0.717) is 25.4 Å². The maximum absolute atomic E-state index is 13.4. The zero-order valence-electron chi connectivity index (χ0n) is 17.4. The highest BCUT2D eigenvalue weighted by Gasteiger charge is 2.24. The summed E-state index contributed by atoms with van der Waals surface area (Å²) in [5, 5.41) is 2.65. The van der Waals surface area contributed by atoms with Crippen molar-refractivity contribution in [2.24, 2.45) is 7.05 Å². The van der Waals surface area contributed by atoms with Crippen molar-refractivity contribution in [3.05, 3.63) is 54.1 Å². The van der Waals surface area contributed by atoms with Gasteiger partial charge in [0.25, 0.3) is 0 Å². The highest BCUT2D eigenvalue weighted by Crippen LogP contribution is 2.12. The highest BCUT2D eigenvalue weighted by molar-refractivity contribution is 5.92. The normalized spacial score (nSPS) is 10.8. The van der Waals surface area contributed by atoms with Crippen LogP contribution in [0.4, 0.5) is 14.9 Å². The van der Waals surface area contributed by atoms with E-state index in [-0.39, 0.29) is 18.5 Å². The molecular weight excluding hydrogens is 375 g/mol. The number of methoxy groups -OCH3 is 1. The Morgan fingerprint density at radius 1 is 1.24 bits per heavy atom. The van der Waals surface area contributed by atoms with Crippen LogP contribution in [0, 0.1) is 5.82 Å². The second-order valence-electron chi connectivity index (χ2n) is 7.08. The van der Waals surface area contributed by atoms with Gasteiger partial charge in [0, 0.05) is 44.3 Å². The number of aromatic nitrogens is 1. The largest absolute Gasteiger partial charge is 0.383 e. The molecule has 0 unspecified atom stereocenters. The molecule has 8 heteroatoms. The lowest BCUT2D eigenvalue weighted by molar-refractivity contribution is -0.133. The lowest BCUT2D eigenvalue weighted by atomic mass is 10.3. The first-order chi connectivity index (χ1) is 13.8. The minimum Gasteiger partial charge on any atom is -0.383 e. The molecule has 0 bridgehead atoms. The second kappa shape index (κ2) is 10.6. The van der Waals surface area contributed by atoms with Crippen molar-refractivity contribution in [3.8, 4) is 0 Å². The number of nitrogens with zero attached hydrogens (tertiary/aromatic N) is 3. The quantitative estimate of drug-likeness (QED) is 0.698. The molecule has 158 valence electrons.